The summed E-state index contributed by atoms with van der Waals surface area (Å²) >= 11 is 0. The molecule has 23 heavy (non-hydrogen) atoms. The van der Waals surface area contributed by atoms with Crippen LogP contribution >= 0.6 is 12.4 Å². The van der Waals surface area contributed by atoms with Crippen LogP contribution in [0.1, 0.15) is 29.5 Å². The Labute approximate surface area is 143 Å². The second-order valence-electron chi connectivity index (χ2n) is 6.36. The minimum Gasteiger partial charge on any atom is -0.464 e. The van der Waals surface area contributed by atoms with E-state index in [1.54, 1.807) is 6.26 Å². The zero-order valence-corrected chi connectivity index (χ0v) is 14.8. The van der Waals surface area contributed by atoms with Gasteiger partial charge in [-0.1, -0.05) is 0 Å². The van der Waals surface area contributed by atoms with E-state index in [0.29, 0.717) is 12.5 Å². The molecule has 2 heterocycles. The summed E-state index contributed by atoms with van der Waals surface area (Å²) in [6.45, 7) is 6.16. The average molecular weight is 337 g/mol. The van der Waals surface area contributed by atoms with Gasteiger partial charge in [0.15, 0.2) is 0 Å². The largest absolute Gasteiger partial charge is 0.464 e. The number of carbonyl (C=O) groups excluding carboxylic acids is 1. The van der Waals surface area contributed by atoms with Gasteiger partial charge in [-0.15, -0.1) is 12.4 Å². The first-order valence-corrected chi connectivity index (χ1v) is 8.00. The van der Waals surface area contributed by atoms with E-state index in [0.717, 1.165) is 42.5 Å². The number of rotatable bonds is 3. The average Bonchev–Trinajstić information content (AvgIpc) is 2.90. The van der Waals surface area contributed by atoms with Crippen molar-refractivity contribution in [1.29, 1.82) is 0 Å². The summed E-state index contributed by atoms with van der Waals surface area (Å²) < 4.78 is 5.63. The first kappa shape index (κ1) is 17.8. The molecular weight excluding hydrogens is 312 g/mol. The molecule has 5 heteroatoms. The minimum atomic E-state index is 0. The number of piperidine rings is 1. The third-order valence-corrected chi connectivity index (χ3v) is 4.86. The van der Waals surface area contributed by atoms with Gasteiger partial charge in [0.1, 0.15) is 5.58 Å². The van der Waals surface area contributed by atoms with E-state index in [9.17, 15) is 4.79 Å². The van der Waals surface area contributed by atoms with Crippen LogP contribution in [0.3, 0.4) is 0 Å². The Bertz CT molecular complexity index is 690. The Morgan fingerprint density at radius 3 is 2.61 bits per heavy atom. The molecule has 1 aromatic heterocycles. The predicted octanol–water partition coefficient (Wildman–Crippen LogP) is 3.22. The Hall–Kier alpha value is -1.52. The highest BCUT2D eigenvalue weighted by Crippen LogP contribution is 2.25. The van der Waals surface area contributed by atoms with E-state index in [1.165, 1.54) is 11.1 Å². The first-order chi connectivity index (χ1) is 10.6. The van der Waals surface area contributed by atoms with E-state index in [2.05, 4.69) is 31.3 Å². The van der Waals surface area contributed by atoms with Crippen molar-refractivity contribution in [1.82, 2.24) is 10.2 Å². The maximum Gasteiger partial charge on any atom is 0.227 e. The number of nitrogens with one attached hydrogen (secondary N) is 1. The molecule has 126 valence electrons. The van der Waals surface area contributed by atoms with Crippen molar-refractivity contribution in [2.75, 3.05) is 20.1 Å². The number of amides is 1. The standard InChI is InChI=1S/C18H24N2O2.ClH/c1-12-8-16-14(11-22-17(16)9-13(12)2)10-18(21)20(3)15-4-6-19-7-5-15;/h8-9,11,15,19H,4-7,10H2,1-3H3;1H. The van der Waals surface area contributed by atoms with Gasteiger partial charge in [0.05, 0.1) is 12.7 Å². The lowest BCUT2D eigenvalue weighted by Crippen LogP contribution is -2.44. The Morgan fingerprint density at radius 2 is 1.91 bits per heavy atom. The van der Waals surface area contributed by atoms with Gasteiger partial charge in [-0.3, -0.25) is 4.79 Å². The van der Waals surface area contributed by atoms with Crippen LogP contribution in [0.2, 0.25) is 0 Å². The molecular formula is C18H25ClN2O2. The van der Waals surface area contributed by atoms with Gasteiger partial charge < -0.3 is 14.6 Å². The van der Waals surface area contributed by atoms with Crippen molar-refractivity contribution in [2.45, 2.75) is 39.2 Å². The molecule has 0 aliphatic carbocycles. The fourth-order valence-corrected chi connectivity index (χ4v) is 3.16. The maximum atomic E-state index is 12.6. The van der Waals surface area contributed by atoms with Gasteiger partial charge in [-0.25, -0.2) is 0 Å². The molecule has 2 aromatic rings. The Kier molecular flexibility index (Phi) is 5.71. The van der Waals surface area contributed by atoms with Crippen LogP contribution in [-0.2, 0) is 11.2 Å². The highest BCUT2D eigenvalue weighted by atomic mass is 35.5. The number of likely N-dealkylation sites (N-methyl/N-ethyl adjacent to an activating group) is 1. The summed E-state index contributed by atoms with van der Waals surface area (Å²) in [5.74, 6) is 0.174. The second-order valence-corrected chi connectivity index (χ2v) is 6.36. The molecule has 1 saturated heterocycles. The molecule has 0 atom stereocenters. The number of furan rings is 1. The summed E-state index contributed by atoms with van der Waals surface area (Å²) in [6, 6.07) is 4.53. The quantitative estimate of drug-likeness (QED) is 0.936. The van der Waals surface area contributed by atoms with E-state index in [1.807, 2.05) is 11.9 Å². The van der Waals surface area contributed by atoms with Gasteiger partial charge in [0.25, 0.3) is 0 Å². The van der Waals surface area contributed by atoms with E-state index in [-0.39, 0.29) is 18.3 Å². The molecule has 1 amide bonds. The lowest BCUT2D eigenvalue weighted by molar-refractivity contribution is -0.131. The molecule has 1 aromatic carbocycles. The zero-order chi connectivity index (χ0) is 15.7. The molecule has 3 rings (SSSR count). The highest BCUT2D eigenvalue weighted by molar-refractivity contribution is 5.88. The van der Waals surface area contributed by atoms with E-state index in [4.69, 9.17) is 4.42 Å². The van der Waals surface area contributed by atoms with Crippen LogP contribution < -0.4 is 5.32 Å². The molecule has 0 radical (unpaired) electrons. The molecule has 1 aliphatic rings. The lowest BCUT2D eigenvalue weighted by atomic mass is 10.0. The smallest absolute Gasteiger partial charge is 0.227 e. The number of hydrogen-bond acceptors (Lipinski definition) is 3. The monoisotopic (exact) mass is 336 g/mol. The number of halogens is 1. The van der Waals surface area contributed by atoms with Crippen molar-refractivity contribution in [2.24, 2.45) is 0 Å². The fourth-order valence-electron chi connectivity index (χ4n) is 3.16. The van der Waals surface area contributed by atoms with Crippen LogP contribution in [0, 0.1) is 13.8 Å². The lowest BCUT2D eigenvalue weighted by Gasteiger charge is -2.31. The van der Waals surface area contributed by atoms with Gasteiger partial charge in [-0.2, -0.15) is 0 Å². The summed E-state index contributed by atoms with van der Waals surface area (Å²) in [4.78, 5) is 14.5. The molecule has 4 nitrogen and oxygen atoms in total. The van der Waals surface area contributed by atoms with Crippen LogP contribution in [0.4, 0.5) is 0 Å². The predicted molar refractivity (Wildman–Crippen MR) is 95.3 cm³/mol. The van der Waals surface area contributed by atoms with Gasteiger partial charge >= 0.3 is 0 Å². The first-order valence-electron chi connectivity index (χ1n) is 8.00. The van der Waals surface area contributed by atoms with Crippen molar-refractivity contribution < 1.29 is 9.21 Å². The van der Waals surface area contributed by atoms with E-state index < -0.39 is 0 Å². The third-order valence-electron chi connectivity index (χ3n) is 4.86. The molecule has 1 N–H and O–H groups in total. The van der Waals surface area contributed by atoms with Crippen LogP contribution in [0.25, 0.3) is 11.0 Å². The molecule has 0 unspecified atom stereocenters. The third kappa shape index (κ3) is 3.70. The number of benzene rings is 1. The zero-order valence-electron chi connectivity index (χ0n) is 14.0. The number of aryl methyl sites for hydroxylation is 2. The number of hydrogen-bond donors (Lipinski definition) is 1. The van der Waals surface area contributed by atoms with Gasteiger partial charge in [-0.05, 0) is 63.0 Å². The maximum absolute atomic E-state index is 12.6. The van der Waals surface area contributed by atoms with Crippen molar-refractivity contribution >= 4 is 29.3 Å². The SMILES string of the molecule is Cc1cc2occ(CC(=O)N(C)C3CCNCC3)c2cc1C.Cl. The Morgan fingerprint density at radius 1 is 1.26 bits per heavy atom. The minimum absolute atomic E-state index is 0. The summed E-state index contributed by atoms with van der Waals surface area (Å²) in [7, 11) is 1.93. The topological polar surface area (TPSA) is 45.5 Å². The number of nitrogens with zero attached hydrogens (tertiary/aromatic N) is 1. The number of fused-ring (bicyclic) bond motifs is 1. The van der Waals surface area contributed by atoms with E-state index >= 15 is 0 Å². The van der Waals surface area contributed by atoms with Crippen molar-refractivity contribution in [3.8, 4) is 0 Å². The molecule has 0 saturated carbocycles. The summed E-state index contributed by atoms with van der Waals surface area (Å²) in [5.41, 5.74) is 4.31. The highest BCUT2D eigenvalue weighted by Gasteiger charge is 2.23. The number of carbonyl (C=O) groups is 1. The Balaban J connectivity index is 0.00000192. The molecule has 0 bridgehead atoms. The van der Waals surface area contributed by atoms with Crippen LogP contribution in [0.5, 0.6) is 0 Å². The summed E-state index contributed by atoms with van der Waals surface area (Å²) in [6.07, 6.45) is 4.22. The van der Waals surface area contributed by atoms with Crippen molar-refractivity contribution in [3.63, 3.8) is 0 Å². The fraction of sp³-hybridized carbons (Fsp3) is 0.500. The van der Waals surface area contributed by atoms with Gasteiger partial charge in [0, 0.05) is 24.0 Å². The molecule has 0 spiro atoms. The normalized spacial score (nSPS) is 15.4. The molecule has 1 aliphatic heterocycles. The molecule has 1 fully saturated rings. The summed E-state index contributed by atoms with van der Waals surface area (Å²) in [5, 5.41) is 4.40. The van der Waals surface area contributed by atoms with Crippen LogP contribution in [-0.4, -0.2) is 37.0 Å². The van der Waals surface area contributed by atoms with Crippen molar-refractivity contribution in [3.05, 3.63) is 35.1 Å². The second kappa shape index (κ2) is 7.37. The van der Waals surface area contributed by atoms with Crippen LogP contribution in [0.15, 0.2) is 22.8 Å². The van der Waals surface area contributed by atoms with Gasteiger partial charge in [0.2, 0.25) is 5.91 Å².